The average Bonchev–Trinajstić information content (AvgIpc) is 3.13. The number of nitro groups is 1. The summed E-state index contributed by atoms with van der Waals surface area (Å²) < 4.78 is 5.45. The van der Waals surface area contributed by atoms with Crippen molar-refractivity contribution < 1.29 is 24.4 Å². The average molecular weight is 455 g/mol. The number of carbonyl (C=O) groups is 2. The Hall–Kier alpha value is -4.97. The van der Waals surface area contributed by atoms with Crippen LogP contribution in [0.5, 0.6) is 5.75 Å². The first-order valence-electron chi connectivity index (χ1n) is 10.1. The van der Waals surface area contributed by atoms with Gasteiger partial charge in [0.1, 0.15) is 11.5 Å². The van der Waals surface area contributed by atoms with Gasteiger partial charge in [-0.3, -0.25) is 24.6 Å². The summed E-state index contributed by atoms with van der Waals surface area (Å²) in [7, 11) is 1.44. The van der Waals surface area contributed by atoms with Gasteiger partial charge in [-0.1, -0.05) is 30.3 Å². The van der Waals surface area contributed by atoms with Crippen LogP contribution < -0.4 is 9.64 Å². The van der Waals surface area contributed by atoms with Crippen molar-refractivity contribution in [3.63, 3.8) is 0 Å². The zero-order valence-corrected chi connectivity index (χ0v) is 17.8. The lowest BCUT2D eigenvalue weighted by molar-refractivity contribution is -0.384. The molecule has 1 amide bonds. The number of nitro benzene ring substituents is 1. The lowest BCUT2D eigenvalue weighted by Gasteiger charge is -2.26. The van der Waals surface area contributed by atoms with Crippen LogP contribution >= 0.6 is 0 Å². The van der Waals surface area contributed by atoms with Gasteiger partial charge in [0.05, 0.1) is 35.3 Å². The van der Waals surface area contributed by atoms with E-state index in [0.29, 0.717) is 22.6 Å². The molecular weight excluding hydrogens is 438 g/mol. The minimum Gasteiger partial charge on any atom is -0.507 e. The molecule has 3 aromatic rings. The predicted octanol–water partition coefficient (Wildman–Crippen LogP) is 4.10. The van der Waals surface area contributed by atoms with Crippen molar-refractivity contribution in [3.05, 3.63) is 105 Å². The van der Waals surface area contributed by atoms with E-state index in [1.165, 1.54) is 54.5 Å². The van der Waals surface area contributed by atoms with Crippen molar-refractivity contribution in [2.24, 2.45) is 0 Å². The normalized spacial score (nSPS) is 16.8. The van der Waals surface area contributed by atoms with E-state index >= 15 is 0 Å². The van der Waals surface area contributed by atoms with E-state index in [1.807, 2.05) is 6.07 Å². The van der Waals surface area contributed by atoms with Crippen molar-refractivity contribution in [2.75, 3.05) is 12.0 Å². The number of Topliss-reactive ketones (excluding diaryl/α,β-unsaturated/α-hetero) is 1. The SMILES string of the molecule is COc1ccccc1C1/C(=C(\O)c2cccc([N+](=O)[O-])c2)C(=O)C(=O)N1c1ccc(C#N)cc1. The molecule has 1 atom stereocenters. The minimum absolute atomic E-state index is 0.0203. The molecule has 1 fully saturated rings. The van der Waals surface area contributed by atoms with Gasteiger partial charge in [0, 0.05) is 28.9 Å². The number of nitrogens with zero attached hydrogens (tertiary/aromatic N) is 3. The molecule has 1 saturated heterocycles. The highest BCUT2D eigenvalue weighted by Gasteiger charge is 2.48. The molecule has 0 spiro atoms. The molecule has 0 aliphatic carbocycles. The molecule has 0 bridgehead atoms. The highest BCUT2D eigenvalue weighted by Crippen LogP contribution is 2.45. The zero-order valence-electron chi connectivity index (χ0n) is 17.8. The fourth-order valence-electron chi connectivity index (χ4n) is 3.90. The summed E-state index contributed by atoms with van der Waals surface area (Å²) >= 11 is 0. The Labute approximate surface area is 193 Å². The van der Waals surface area contributed by atoms with Crippen LogP contribution in [0, 0.1) is 21.4 Å². The number of para-hydroxylation sites is 1. The molecule has 1 N–H and O–H groups in total. The third-order valence-electron chi connectivity index (χ3n) is 5.48. The highest BCUT2D eigenvalue weighted by atomic mass is 16.6. The number of aliphatic hydroxyl groups is 1. The number of methoxy groups -OCH3 is 1. The van der Waals surface area contributed by atoms with Crippen molar-refractivity contribution in [3.8, 4) is 11.8 Å². The van der Waals surface area contributed by atoms with Crippen molar-refractivity contribution in [1.82, 2.24) is 0 Å². The Balaban J connectivity index is 1.98. The van der Waals surface area contributed by atoms with Crippen LogP contribution in [0.15, 0.2) is 78.4 Å². The second-order valence-electron chi connectivity index (χ2n) is 7.38. The molecule has 0 aromatic heterocycles. The summed E-state index contributed by atoms with van der Waals surface area (Å²) in [5.41, 5.74) is 0.631. The molecule has 0 radical (unpaired) electrons. The number of anilines is 1. The summed E-state index contributed by atoms with van der Waals surface area (Å²) in [4.78, 5) is 38.2. The van der Waals surface area contributed by atoms with Crippen LogP contribution in [-0.2, 0) is 9.59 Å². The van der Waals surface area contributed by atoms with Gasteiger partial charge in [-0.25, -0.2) is 0 Å². The molecule has 3 aromatic carbocycles. The third kappa shape index (κ3) is 3.73. The van der Waals surface area contributed by atoms with Gasteiger partial charge in [-0.15, -0.1) is 0 Å². The minimum atomic E-state index is -1.08. The Morgan fingerprint density at radius 1 is 1.09 bits per heavy atom. The molecule has 9 nitrogen and oxygen atoms in total. The molecule has 168 valence electrons. The number of ketones is 1. The highest BCUT2D eigenvalue weighted by molar-refractivity contribution is 6.51. The topological polar surface area (TPSA) is 134 Å². The summed E-state index contributed by atoms with van der Waals surface area (Å²) in [6.45, 7) is 0. The second-order valence-corrected chi connectivity index (χ2v) is 7.38. The third-order valence-corrected chi connectivity index (χ3v) is 5.48. The van der Waals surface area contributed by atoms with Gasteiger partial charge in [0.25, 0.3) is 17.4 Å². The fraction of sp³-hybridized carbons (Fsp3) is 0.0800. The van der Waals surface area contributed by atoms with E-state index in [9.17, 15) is 24.8 Å². The second kappa shape index (κ2) is 8.88. The van der Waals surface area contributed by atoms with E-state index in [-0.39, 0.29) is 16.8 Å². The molecule has 34 heavy (non-hydrogen) atoms. The summed E-state index contributed by atoms with van der Waals surface area (Å²) in [6.07, 6.45) is 0. The first-order valence-corrected chi connectivity index (χ1v) is 10.1. The number of benzene rings is 3. The van der Waals surface area contributed by atoms with Gasteiger partial charge in [0.2, 0.25) is 0 Å². The van der Waals surface area contributed by atoms with E-state index < -0.39 is 28.4 Å². The van der Waals surface area contributed by atoms with Gasteiger partial charge in [-0.2, -0.15) is 5.26 Å². The maximum atomic E-state index is 13.2. The van der Waals surface area contributed by atoms with Crippen LogP contribution in [0.25, 0.3) is 5.76 Å². The quantitative estimate of drug-likeness (QED) is 0.201. The first-order chi connectivity index (χ1) is 16.4. The molecule has 1 heterocycles. The Morgan fingerprint density at radius 2 is 1.79 bits per heavy atom. The fourth-order valence-corrected chi connectivity index (χ4v) is 3.90. The largest absolute Gasteiger partial charge is 0.507 e. The number of non-ortho nitro benzene ring substituents is 1. The van der Waals surface area contributed by atoms with E-state index in [0.717, 1.165) is 6.07 Å². The number of nitriles is 1. The number of hydrogen-bond donors (Lipinski definition) is 1. The maximum Gasteiger partial charge on any atom is 0.300 e. The Morgan fingerprint density at radius 3 is 2.44 bits per heavy atom. The number of aliphatic hydroxyl groups excluding tert-OH is 1. The van der Waals surface area contributed by atoms with E-state index in [1.54, 1.807) is 24.3 Å². The van der Waals surface area contributed by atoms with Crippen molar-refractivity contribution in [1.29, 1.82) is 5.26 Å². The molecule has 0 saturated carbocycles. The summed E-state index contributed by atoms with van der Waals surface area (Å²) in [5, 5.41) is 31.4. The van der Waals surface area contributed by atoms with Crippen LogP contribution in [-0.4, -0.2) is 28.8 Å². The predicted molar refractivity (Wildman–Crippen MR) is 122 cm³/mol. The molecule has 1 aliphatic rings. The zero-order chi connectivity index (χ0) is 24.4. The smallest absolute Gasteiger partial charge is 0.300 e. The standard InChI is InChI=1S/C25H17N3O6/c1-34-20-8-3-2-7-19(20)22-21(23(29)16-5-4-6-18(13-16)28(32)33)24(30)25(31)27(22)17-11-9-15(14-26)10-12-17/h2-13,22,29H,1H3/b23-21+. The van der Waals surface area contributed by atoms with Crippen molar-refractivity contribution in [2.45, 2.75) is 6.04 Å². The van der Waals surface area contributed by atoms with E-state index in [4.69, 9.17) is 10.00 Å². The number of hydrogen-bond acceptors (Lipinski definition) is 7. The molecule has 1 aliphatic heterocycles. The monoisotopic (exact) mass is 455 g/mol. The van der Waals surface area contributed by atoms with Gasteiger partial charge in [-0.05, 0) is 30.3 Å². The number of amides is 1. The van der Waals surface area contributed by atoms with Crippen molar-refractivity contribution >= 4 is 28.8 Å². The summed E-state index contributed by atoms with van der Waals surface area (Å²) in [5.74, 6) is -2.02. The summed E-state index contributed by atoms with van der Waals surface area (Å²) in [6, 6.07) is 18.9. The van der Waals surface area contributed by atoms with Gasteiger partial charge < -0.3 is 9.84 Å². The Bertz CT molecular complexity index is 1390. The van der Waals surface area contributed by atoms with Crippen LogP contribution in [0.1, 0.15) is 22.7 Å². The lowest BCUT2D eigenvalue weighted by Crippen LogP contribution is -2.29. The number of carbonyl (C=O) groups excluding carboxylic acids is 2. The first kappa shape index (κ1) is 22.2. The lowest BCUT2D eigenvalue weighted by atomic mass is 9.94. The van der Waals surface area contributed by atoms with Crippen LogP contribution in [0.2, 0.25) is 0 Å². The van der Waals surface area contributed by atoms with Crippen LogP contribution in [0.3, 0.4) is 0 Å². The molecular formula is C25H17N3O6. The van der Waals surface area contributed by atoms with Crippen LogP contribution in [0.4, 0.5) is 11.4 Å². The number of ether oxygens (including phenoxy) is 1. The molecule has 4 rings (SSSR count). The molecule has 1 unspecified atom stereocenters. The maximum absolute atomic E-state index is 13.2. The van der Waals surface area contributed by atoms with Gasteiger partial charge in [0.15, 0.2) is 0 Å². The Kier molecular flexibility index (Phi) is 5.80. The van der Waals surface area contributed by atoms with E-state index in [2.05, 4.69) is 0 Å². The number of rotatable bonds is 5. The molecule has 9 heteroatoms. The van der Waals surface area contributed by atoms with Gasteiger partial charge >= 0.3 is 0 Å².